The van der Waals surface area contributed by atoms with Gasteiger partial charge in [-0.25, -0.2) is 0 Å². The molecule has 0 aliphatic carbocycles. The summed E-state index contributed by atoms with van der Waals surface area (Å²) in [5.74, 6) is 0.777. The summed E-state index contributed by atoms with van der Waals surface area (Å²) in [6, 6.07) is 7.88. The van der Waals surface area contributed by atoms with Gasteiger partial charge in [-0.1, -0.05) is 41.7 Å². The zero-order valence-electron chi connectivity index (χ0n) is 13.5. The predicted octanol–water partition coefficient (Wildman–Crippen LogP) is 3.32. The smallest absolute Gasteiger partial charge is 0.316 e. The van der Waals surface area contributed by atoms with Crippen LogP contribution in [0.5, 0.6) is 5.75 Å². The molecule has 0 spiro atoms. The van der Waals surface area contributed by atoms with Gasteiger partial charge < -0.3 is 14.8 Å². The summed E-state index contributed by atoms with van der Waals surface area (Å²) >= 11 is 6.41. The number of thioether (sulfide) groups is 1. The number of hydrogen-bond acceptors (Lipinski definition) is 5. The highest BCUT2D eigenvalue weighted by Gasteiger charge is 2.16. The first-order valence-electron chi connectivity index (χ1n) is 7.08. The molecule has 0 saturated carbocycles. The molecular weight excluding hydrogens is 318 g/mol. The van der Waals surface area contributed by atoms with Gasteiger partial charge in [0.25, 0.3) is 0 Å². The summed E-state index contributed by atoms with van der Waals surface area (Å²) in [6.07, 6.45) is 0. The Hall–Kier alpha value is -1.27. The Bertz CT molecular complexity index is 495. The van der Waals surface area contributed by atoms with Crippen molar-refractivity contribution in [3.8, 4) is 5.75 Å². The van der Waals surface area contributed by atoms with Crippen molar-refractivity contribution >= 4 is 34.3 Å². The molecule has 6 heteroatoms. The van der Waals surface area contributed by atoms with Gasteiger partial charge in [-0.3, -0.25) is 4.79 Å². The molecule has 0 unspecified atom stereocenters. The number of esters is 1. The van der Waals surface area contributed by atoms with Crippen LogP contribution in [0.4, 0.5) is 0 Å². The van der Waals surface area contributed by atoms with Crippen molar-refractivity contribution in [3.63, 3.8) is 0 Å². The number of carbonyl (C=O) groups is 1. The molecule has 0 aliphatic heterocycles. The van der Waals surface area contributed by atoms with E-state index in [0.29, 0.717) is 17.5 Å². The highest BCUT2D eigenvalue weighted by Crippen LogP contribution is 2.12. The monoisotopic (exact) mass is 341 g/mol. The first-order chi connectivity index (χ1) is 10.3. The zero-order valence-corrected chi connectivity index (χ0v) is 15.1. The number of aryl methyl sites for hydroxylation is 1. The van der Waals surface area contributed by atoms with Crippen molar-refractivity contribution in [1.82, 2.24) is 5.32 Å². The number of ether oxygens (including phenoxy) is 2. The molecule has 0 heterocycles. The maximum atomic E-state index is 11.6. The van der Waals surface area contributed by atoms with Gasteiger partial charge in [0.05, 0.1) is 12.3 Å². The molecule has 1 aromatic rings. The van der Waals surface area contributed by atoms with Crippen LogP contribution in [0.1, 0.15) is 26.3 Å². The molecule has 0 radical (unpaired) electrons. The molecule has 0 aliphatic rings. The molecule has 0 fully saturated rings. The second kappa shape index (κ2) is 9.00. The van der Waals surface area contributed by atoms with Gasteiger partial charge in [0.15, 0.2) is 0 Å². The summed E-state index contributed by atoms with van der Waals surface area (Å²) < 4.78 is 11.4. The fraction of sp³-hybridized carbons (Fsp3) is 0.500. The van der Waals surface area contributed by atoms with E-state index in [1.54, 1.807) is 0 Å². The van der Waals surface area contributed by atoms with Crippen LogP contribution in [0, 0.1) is 6.92 Å². The van der Waals surface area contributed by atoms with Crippen LogP contribution in [0.3, 0.4) is 0 Å². The largest absolute Gasteiger partial charge is 0.492 e. The van der Waals surface area contributed by atoms with E-state index < -0.39 is 5.60 Å². The third-order valence-electron chi connectivity index (χ3n) is 2.40. The van der Waals surface area contributed by atoms with Crippen LogP contribution in [-0.2, 0) is 9.53 Å². The summed E-state index contributed by atoms with van der Waals surface area (Å²) in [5.41, 5.74) is 0.736. The van der Waals surface area contributed by atoms with Crippen molar-refractivity contribution in [2.75, 3.05) is 18.9 Å². The Balaban J connectivity index is 2.13. The lowest BCUT2D eigenvalue weighted by Gasteiger charge is -2.19. The number of rotatable bonds is 6. The van der Waals surface area contributed by atoms with Crippen LogP contribution in [0.25, 0.3) is 0 Å². The highest BCUT2D eigenvalue weighted by molar-refractivity contribution is 8.23. The van der Waals surface area contributed by atoms with E-state index >= 15 is 0 Å². The predicted molar refractivity (Wildman–Crippen MR) is 95.6 cm³/mol. The van der Waals surface area contributed by atoms with Crippen LogP contribution in [0.2, 0.25) is 0 Å². The van der Waals surface area contributed by atoms with Crippen molar-refractivity contribution in [2.24, 2.45) is 0 Å². The maximum Gasteiger partial charge on any atom is 0.316 e. The second-order valence-corrected chi connectivity index (χ2v) is 7.40. The Morgan fingerprint density at radius 2 is 1.91 bits per heavy atom. The molecule has 0 saturated heterocycles. The van der Waals surface area contributed by atoms with Crippen LogP contribution < -0.4 is 10.1 Å². The first-order valence-corrected chi connectivity index (χ1v) is 8.47. The lowest BCUT2D eigenvalue weighted by Crippen LogP contribution is -2.28. The van der Waals surface area contributed by atoms with E-state index in [1.165, 1.54) is 17.3 Å². The molecule has 0 aromatic heterocycles. The molecule has 1 rings (SSSR count). The Labute approximate surface area is 142 Å². The summed E-state index contributed by atoms with van der Waals surface area (Å²) in [7, 11) is 0. The standard InChI is InChI=1S/C16H23NO3S2/c1-12-5-7-13(8-6-12)19-10-9-17-15(21)22-11-14(18)20-16(2,3)4/h5-8H,9-11H2,1-4H3,(H,17,21). The average molecular weight is 341 g/mol. The van der Waals surface area contributed by atoms with Gasteiger partial charge in [-0.2, -0.15) is 0 Å². The highest BCUT2D eigenvalue weighted by atomic mass is 32.2. The Kier molecular flexibility index (Phi) is 7.68. The second-order valence-electron chi connectivity index (χ2n) is 5.75. The van der Waals surface area contributed by atoms with E-state index in [9.17, 15) is 4.79 Å². The number of carbonyl (C=O) groups excluding carboxylic acids is 1. The SMILES string of the molecule is Cc1ccc(OCCNC(=S)SCC(=O)OC(C)(C)C)cc1. The Morgan fingerprint density at radius 3 is 2.50 bits per heavy atom. The van der Waals surface area contributed by atoms with Crippen molar-refractivity contribution in [2.45, 2.75) is 33.3 Å². The van der Waals surface area contributed by atoms with E-state index in [-0.39, 0.29) is 11.7 Å². The molecule has 0 amide bonds. The summed E-state index contributed by atoms with van der Waals surface area (Å²) in [4.78, 5) is 11.6. The fourth-order valence-electron chi connectivity index (χ4n) is 1.50. The number of benzene rings is 1. The third-order valence-corrected chi connectivity index (χ3v) is 3.69. The van der Waals surface area contributed by atoms with Gasteiger partial charge in [-0.05, 0) is 39.8 Å². The van der Waals surface area contributed by atoms with E-state index in [0.717, 1.165) is 5.75 Å². The maximum absolute atomic E-state index is 11.6. The lowest BCUT2D eigenvalue weighted by atomic mass is 10.2. The molecule has 122 valence electrons. The average Bonchev–Trinajstić information content (AvgIpc) is 2.41. The van der Waals surface area contributed by atoms with Gasteiger partial charge in [0.2, 0.25) is 0 Å². The van der Waals surface area contributed by atoms with Crippen molar-refractivity contribution in [3.05, 3.63) is 29.8 Å². The quantitative estimate of drug-likeness (QED) is 0.486. The summed E-state index contributed by atoms with van der Waals surface area (Å²) in [5, 5.41) is 3.04. The number of hydrogen-bond donors (Lipinski definition) is 1. The molecule has 0 bridgehead atoms. The number of nitrogens with one attached hydrogen (secondary N) is 1. The van der Waals surface area contributed by atoms with Gasteiger partial charge in [0, 0.05) is 0 Å². The number of thiocarbonyl (C=S) groups is 1. The van der Waals surface area contributed by atoms with E-state index in [2.05, 4.69) is 5.32 Å². The molecule has 1 N–H and O–H groups in total. The minimum atomic E-state index is -0.464. The summed E-state index contributed by atoms with van der Waals surface area (Å²) in [6.45, 7) is 8.66. The molecule has 4 nitrogen and oxygen atoms in total. The molecule has 1 aromatic carbocycles. The van der Waals surface area contributed by atoms with Crippen LogP contribution >= 0.6 is 24.0 Å². The van der Waals surface area contributed by atoms with Crippen molar-refractivity contribution in [1.29, 1.82) is 0 Å². The van der Waals surface area contributed by atoms with Crippen molar-refractivity contribution < 1.29 is 14.3 Å². The molecule has 22 heavy (non-hydrogen) atoms. The van der Waals surface area contributed by atoms with Crippen LogP contribution in [0.15, 0.2) is 24.3 Å². The van der Waals surface area contributed by atoms with E-state index in [1.807, 2.05) is 52.0 Å². The molecule has 0 atom stereocenters. The van der Waals surface area contributed by atoms with Gasteiger partial charge >= 0.3 is 5.97 Å². The topological polar surface area (TPSA) is 47.6 Å². The first kappa shape index (κ1) is 18.8. The molecular formula is C16H23NO3S2. The fourth-order valence-corrected chi connectivity index (χ4v) is 2.29. The normalized spacial score (nSPS) is 10.9. The third kappa shape index (κ3) is 8.89. The minimum Gasteiger partial charge on any atom is -0.492 e. The van der Waals surface area contributed by atoms with Gasteiger partial charge in [0.1, 0.15) is 22.3 Å². The zero-order chi connectivity index (χ0) is 16.6. The van der Waals surface area contributed by atoms with E-state index in [4.69, 9.17) is 21.7 Å². The Morgan fingerprint density at radius 1 is 1.27 bits per heavy atom. The van der Waals surface area contributed by atoms with Gasteiger partial charge in [-0.15, -0.1) is 0 Å². The minimum absolute atomic E-state index is 0.210. The lowest BCUT2D eigenvalue weighted by molar-refractivity contribution is -0.151. The van der Waals surface area contributed by atoms with Crippen LogP contribution in [-0.4, -0.2) is 34.8 Å².